The molecule has 0 radical (unpaired) electrons. The number of alkyl halides is 3. The smallest absolute Gasteiger partial charge is 0.406 e. The first-order valence-electron chi connectivity index (χ1n) is 5.50. The van der Waals surface area contributed by atoms with Gasteiger partial charge in [0.1, 0.15) is 5.75 Å². The van der Waals surface area contributed by atoms with Gasteiger partial charge in [-0.1, -0.05) is 12.1 Å². The van der Waals surface area contributed by atoms with Crippen LogP contribution in [0.4, 0.5) is 13.2 Å². The zero-order chi connectivity index (χ0) is 12.7. The lowest BCUT2D eigenvalue weighted by Gasteiger charge is -2.09. The van der Waals surface area contributed by atoms with Gasteiger partial charge in [-0.05, 0) is 50.6 Å². The molecular formula is C12H16F3NO. The highest BCUT2D eigenvalue weighted by molar-refractivity contribution is 5.27. The van der Waals surface area contributed by atoms with E-state index in [0.29, 0.717) is 0 Å². The van der Waals surface area contributed by atoms with Crippen molar-refractivity contribution in [2.24, 2.45) is 0 Å². The monoisotopic (exact) mass is 247 g/mol. The number of halogens is 3. The third-order valence-electron chi connectivity index (χ3n) is 2.30. The zero-order valence-electron chi connectivity index (χ0n) is 9.68. The molecule has 1 aromatic rings. The first-order chi connectivity index (χ1) is 8.01. The summed E-state index contributed by atoms with van der Waals surface area (Å²) < 4.78 is 39.5. The van der Waals surface area contributed by atoms with Gasteiger partial charge in [-0.25, -0.2) is 0 Å². The molecule has 0 spiro atoms. The first kappa shape index (κ1) is 13.8. The fourth-order valence-corrected chi connectivity index (χ4v) is 1.49. The van der Waals surface area contributed by atoms with Gasteiger partial charge in [0.25, 0.3) is 0 Å². The van der Waals surface area contributed by atoms with Crippen LogP contribution in [0, 0.1) is 0 Å². The highest BCUT2D eigenvalue weighted by Gasteiger charge is 2.30. The molecule has 0 aliphatic heterocycles. The van der Waals surface area contributed by atoms with Gasteiger partial charge >= 0.3 is 6.36 Å². The predicted molar refractivity (Wildman–Crippen MR) is 60.0 cm³/mol. The molecule has 1 rings (SSSR count). The van der Waals surface area contributed by atoms with Gasteiger partial charge in [0.05, 0.1) is 0 Å². The second-order valence-electron chi connectivity index (χ2n) is 3.75. The molecule has 0 unspecified atom stereocenters. The Kier molecular flexibility index (Phi) is 5.28. The number of aryl methyl sites for hydroxylation is 1. The number of hydrogen-bond donors (Lipinski definition) is 1. The van der Waals surface area contributed by atoms with Gasteiger partial charge in [0.15, 0.2) is 0 Å². The van der Waals surface area contributed by atoms with Gasteiger partial charge in [-0.2, -0.15) is 0 Å². The molecule has 17 heavy (non-hydrogen) atoms. The average molecular weight is 247 g/mol. The standard InChI is InChI=1S/C12H16F3NO/c1-16-9-3-2-4-10-5-7-11(8-6-10)17-12(13,14)15/h5-8,16H,2-4,9H2,1H3. The van der Waals surface area contributed by atoms with Crippen molar-refractivity contribution in [3.05, 3.63) is 29.8 Å². The van der Waals surface area contributed by atoms with Crippen LogP contribution in [-0.4, -0.2) is 20.0 Å². The molecule has 0 atom stereocenters. The maximum Gasteiger partial charge on any atom is 0.573 e. The molecule has 0 saturated heterocycles. The van der Waals surface area contributed by atoms with Crippen molar-refractivity contribution < 1.29 is 17.9 Å². The Morgan fingerprint density at radius 3 is 2.29 bits per heavy atom. The van der Waals surface area contributed by atoms with E-state index in [2.05, 4.69) is 10.1 Å². The number of benzene rings is 1. The second-order valence-corrected chi connectivity index (χ2v) is 3.75. The van der Waals surface area contributed by atoms with Gasteiger partial charge in [0, 0.05) is 0 Å². The molecule has 5 heteroatoms. The average Bonchev–Trinajstić information content (AvgIpc) is 2.25. The normalized spacial score (nSPS) is 11.5. The van der Waals surface area contributed by atoms with Crippen LogP contribution in [0.3, 0.4) is 0 Å². The summed E-state index contributed by atoms with van der Waals surface area (Å²) in [6.45, 7) is 0.954. The summed E-state index contributed by atoms with van der Waals surface area (Å²) in [5.74, 6) is -0.170. The summed E-state index contributed by atoms with van der Waals surface area (Å²) in [6, 6.07) is 6.03. The number of unbranched alkanes of at least 4 members (excludes halogenated alkanes) is 1. The summed E-state index contributed by atoms with van der Waals surface area (Å²) in [6.07, 6.45) is -1.68. The van der Waals surface area contributed by atoms with Gasteiger partial charge < -0.3 is 10.1 Å². The maximum absolute atomic E-state index is 11.9. The first-order valence-corrected chi connectivity index (χ1v) is 5.50. The van der Waals surface area contributed by atoms with Gasteiger partial charge in [-0.15, -0.1) is 13.2 Å². The summed E-state index contributed by atoms with van der Waals surface area (Å²) in [7, 11) is 1.89. The van der Waals surface area contributed by atoms with Crippen molar-refractivity contribution in [3.8, 4) is 5.75 Å². The topological polar surface area (TPSA) is 21.3 Å². The summed E-state index contributed by atoms with van der Waals surface area (Å²) in [5, 5.41) is 3.04. The lowest BCUT2D eigenvalue weighted by molar-refractivity contribution is -0.274. The van der Waals surface area contributed by atoms with Crippen LogP contribution in [0.1, 0.15) is 18.4 Å². The Balaban J connectivity index is 2.39. The number of nitrogens with one attached hydrogen (secondary N) is 1. The van der Waals surface area contributed by atoms with E-state index in [4.69, 9.17) is 0 Å². The van der Waals surface area contributed by atoms with Crippen LogP contribution in [0.25, 0.3) is 0 Å². The van der Waals surface area contributed by atoms with Crippen LogP contribution in [-0.2, 0) is 6.42 Å². The minimum atomic E-state index is -4.62. The fraction of sp³-hybridized carbons (Fsp3) is 0.500. The molecule has 1 aromatic carbocycles. The maximum atomic E-state index is 11.9. The molecule has 2 nitrogen and oxygen atoms in total. The van der Waals surface area contributed by atoms with E-state index in [1.165, 1.54) is 12.1 Å². The molecule has 0 aromatic heterocycles. The minimum absolute atomic E-state index is 0.170. The van der Waals surface area contributed by atoms with E-state index < -0.39 is 6.36 Å². The third-order valence-corrected chi connectivity index (χ3v) is 2.30. The fourth-order valence-electron chi connectivity index (χ4n) is 1.49. The molecule has 0 bridgehead atoms. The highest BCUT2D eigenvalue weighted by atomic mass is 19.4. The summed E-state index contributed by atoms with van der Waals surface area (Å²) in [4.78, 5) is 0. The molecule has 0 fully saturated rings. The van der Waals surface area contributed by atoms with Crippen LogP contribution in [0.15, 0.2) is 24.3 Å². The quantitative estimate of drug-likeness (QED) is 0.780. The molecular weight excluding hydrogens is 231 g/mol. The van der Waals surface area contributed by atoms with E-state index in [1.807, 2.05) is 7.05 Å². The Hall–Kier alpha value is -1.23. The zero-order valence-corrected chi connectivity index (χ0v) is 9.68. The van der Waals surface area contributed by atoms with Crippen LogP contribution in [0.2, 0.25) is 0 Å². The van der Waals surface area contributed by atoms with E-state index in [1.54, 1.807) is 12.1 Å². The van der Waals surface area contributed by atoms with Crippen molar-refractivity contribution in [2.75, 3.05) is 13.6 Å². The number of rotatable bonds is 6. The third kappa shape index (κ3) is 6.16. The highest BCUT2D eigenvalue weighted by Crippen LogP contribution is 2.23. The molecule has 0 heterocycles. The van der Waals surface area contributed by atoms with Crippen molar-refractivity contribution >= 4 is 0 Å². The van der Waals surface area contributed by atoms with E-state index in [9.17, 15) is 13.2 Å². The largest absolute Gasteiger partial charge is 0.573 e. The summed E-state index contributed by atoms with van der Waals surface area (Å²) >= 11 is 0. The molecule has 0 amide bonds. The molecule has 1 N–H and O–H groups in total. The lowest BCUT2D eigenvalue weighted by atomic mass is 10.1. The number of hydrogen-bond acceptors (Lipinski definition) is 2. The van der Waals surface area contributed by atoms with Crippen LogP contribution in [0.5, 0.6) is 5.75 Å². The van der Waals surface area contributed by atoms with Crippen LogP contribution >= 0.6 is 0 Å². The molecule has 96 valence electrons. The van der Waals surface area contributed by atoms with Crippen molar-refractivity contribution in [2.45, 2.75) is 25.6 Å². The Bertz CT molecular complexity index is 322. The molecule has 0 saturated carbocycles. The number of ether oxygens (including phenoxy) is 1. The van der Waals surface area contributed by atoms with Gasteiger partial charge in [0.2, 0.25) is 0 Å². The Morgan fingerprint density at radius 1 is 1.12 bits per heavy atom. The predicted octanol–water partition coefficient (Wildman–Crippen LogP) is 3.13. The van der Waals surface area contributed by atoms with Gasteiger partial charge in [-0.3, -0.25) is 0 Å². The van der Waals surface area contributed by atoms with Crippen molar-refractivity contribution in [3.63, 3.8) is 0 Å². The van der Waals surface area contributed by atoms with E-state index in [-0.39, 0.29) is 5.75 Å². The lowest BCUT2D eigenvalue weighted by Crippen LogP contribution is -2.17. The van der Waals surface area contributed by atoms with E-state index >= 15 is 0 Å². The summed E-state index contributed by atoms with van der Waals surface area (Å²) in [5.41, 5.74) is 1.02. The Labute approximate surface area is 98.8 Å². The minimum Gasteiger partial charge on any atom is -0.406 e. The second kappa shape index (κ2) is 6.49. The van der Waals surface area contributed by atoms with E-state index in [0.717, 1.165) is 31.4 Å². The molecule has 0 aliphatic rings. The van der Waals surface area contributed by atoms with Crippen molar-refractivity contribution in [1.82, 2.24) is 5.32 Å². The SMILES string of the molecule is CNCCCCc1ccc(OC(F)(F)F)cc1. The van der Waals surface area contributed by atoms with Crippen LogP contribution < -0.4 is 10.1 Å². The molecule has 0 aliphatic carbocycles. The van der Waals surface area contributed by atoms with Crippen molar-refractivity contribution in [1.29, 1.82) is 0 Å². The Morgan fingerprint density at radius 2 is 1.76 bits per heavy atom.